The van der Waals surface area contributed by atoms with E-state index in [1.807, 2.05) is 32.9 Å². The van der Waals surface area contributed by atoms with Gasteiger partial charge in [0.15, 0.2) is 0 Å². The fraction of sp³-hybridized carbons (Fsp3) is 0.600. The fourth-order valence-electron chi connectivity index (χ4n) is 2.89. The van der Waals surface area contributed by atoms with E-state index < -0.39 is 10.0 Å². The molecule has 2 rings (SSSR count). The molecule has 2 atom stereocenters. The molecule has 1 aliphatic heterocycles. The van der Waals surface area contributed by atoms with Crippen LogP contribution in [-0.2, 0) is 10.0 Å². The summed E-state index contributed by atoms with van der Waals surface area (Å²) in [6, 6.07) is 5.54. The maximum absolute atomic E-state index is 12.9. The minimum Gasteiger partial charge on any atom is -0.330 e. The second kappa shape index (κ2) is 5.84. The van der Waals surface area contributed by atoms with E-state index in [0.717, 1.165) is 24.0 Å². The molecule has 1 fully saturated rings. The standard InChI is InChI=1S/C15H24N2O2S/c1-11-4-7-15(12(2)8-11)20(18,19)17-10-14(9-16)6-5-13(17)3/h4,7-8,13-14H,5-6,9-10,16H2,1-3H3. The third kappa shape index (κ3) is 2.90. The molecule has 0 amide bonds. The van der Waals surface area contributed by atoms with Gasteiger partial charge in [0.2, 0.25) is 10.0 Å². The summed E-state index contributed by atoms with van der Waals surface area (Å²) in [5, 5.41) is 0. The lowest BCUT2D eigenvalue weighted by Gasteiger charge is -2.36. The van der Waals surface area contributed by atoms with E-state index >= 15 is 0 Å². The number of benzene rings is 1. The minimum atomic E-state index is -3.42. The Kier molecular flexibility index (Phi) is 4.52. The van der Waals surface area contributed by atoms with Crippen LogP contribution < -0.4 is 5.73 Å². The second-order valence-electron chi connectivity index (χ2n) is 5.87. The van der Waals surface area contributed by atoms with Gasteiger partial charge in [-0.25, -0.2) is 8.42 Å². The van der Waals surface area contributed by atoms with Crippen LogP contribution in [0.5, 0.6) is 0 Å². The van der Waals surface area contributed by atoms with Crippen LogP contribution >= 0.6 is 0 Å². The van der Waals surface area contributed by atoms with Crippen molar-refractivity contribution in [1.82, 2.24) is 4.31 Å². The highest BCUT2D eigenvalue weighted by molar-refractivity contribution is 7.89. The number of hydrogen-bond acceptors (Lipinski definition) is 3. The lowest BCUT2D eigenvalue weighted by molar-refractivity contribution is 0.211. The van der Waals surface area contributed by atoms with Gasteiger partial charge < -0.3 is 5.73 Å². The SMILES string of the molecule is Cc1ccc(S(=O)(=O)N2CC(CN)CCC2C)c(C)c1. The molecule has 1 aromatic carbocycles. The number of nitrogens with zero attached hydrogens (tertiary/aromatic N) is 1. The summed E-state index contributed by atoms with van der Waals surface area (Å²) in [6.45, 7) is 6.89. The van der Waals surface area contributed by atoms with Crippen molar-refractivity contribution in [2.75, 3.05) is 13.1 Å². The van der Waals surface area contributed by atoms with E-state index in [1.165, 1.54) is 0 Å². The van der Waals surface area contributed by atoms with Gasteiger partial charge in [-0.05, 0) is 57.7 Å². The molecule has 2 N–H and O–H groups in total. The third-order valence-electron chi connectivity index (χ3n) is 4.17. The summed E-state index contributed by atoms with van der Waals surface area (Å²) in [4.78, 5) is 0.424. The fourth-order valence-corrected chi connectivity index (χ4v) is 4.83. The normalized spacial score (nSPS) is 24.8. The van der Waals surface area contributed by atoms with Crippen molar-refractivity contribution in [3.05, 3.63) is 29.3 Å². The van der Waals surface area contributed by atoms with Crippen LogP contribution in [0.15, 0.2) is 23.1 Å². The van der Waals surface area contributed by atoms with Gasteiger partial charge in [-0.2, -0.15) is 4.31 Å². The van der Waals surface area contributed by atoms with Crippen molar-refractivity contribution in [3.63, 3.8) is 0 Å². The molecule has 20 heavy (non-hydrogen) atoms. The third-order valence-corrected chi connectivity index (χ3v) is 6.31. The van der Waals surface area contributed by atoms with Crippen molar-refractivity contribution in [3.8, 4) is 0 Å². The second-order valence-corrected chi connectivity index (χ2v) is 7.73. The Morgan fingerprint density at radius 3 is 2.60 bits per heavy atom. The highest BCUT2D eigenvalue weighted by Gasteiger charge is 2.35. The molecule has 0 spiro atoms. The molecule has 0 bridgehead atoms. The smallest absolute Gasteiger partial charge is 0.243 e. The van der Waals surface area contributed by atoms with E-state index in [9.17, 15) is 8.42 Å². The molecule has 0 radical (unpaired) electrons. The summed E-state index contributed by atoms with van der Waals surface area (Å²) >= 11 is 0. The van der Waals surface area contributed by atoms with Gasteiger partial charge in [0, 0.05) is 12.6 Å². The molecule has 4 nitrogen and oxygen atoms in total. The van der Waals surface area contributed by atoms with Crippen LogP contribution in [0.1, 0.15) is 30.9 Å². The molecule has 1 heterocycles. The zero-order chi connectivity index (χ0) is 14.9. The number of sulfonamides is 1. The molecular weight excluding hydrogens is 272 g/mol. The average molecular weight is 296 g/mol. The largest absolute Gasteiger partial charge is 0.330 e. The highest BCUT2D eigenvalue weighted by Crippen LogP contribution is 2.29. The topological polar surface area (TPSA) is 63.4 Å². The van der Waals surface area contributed by atoms with Gasteiger partial charge in [0.05, 0.1) is 4.90 Å². The van der Waals surface area contributed by atoms with E-state index in [1.54, 1.807) is 10.4 Å². The van der Waals surface area contributed by atoms with E-state index in [0.29, 0.717) is 18.0 Å². The Bertz CT molecular complexity index is 584. The predicted molar refractivity (Wildman–Crippen MR) is 81.0 cm³/mol. The summed E-state index contributed by atoms with van der Waals surface area (Å²) in [5.74, 6) is 0.270. The minimum absolute atomic E-state index is 0.0449. The van der Waals surface area contributed by atoms with Crippen molar-refractivity contribution in [2.24, 2.45) is 11.7 Å². The Morgan fingerprint density at radius 1 is 1.30 bits per heavy atom. The maximum atomic E-state index is 12.9. The number of nitrogens with two attached hydrogens (primary N) is 1. The average Bonchev–Trinajstić information content (AvgIpc) is 2.38. The first kappa shape index (κ1) is 15.5. The molecule has 0 aromatic heterocycles. The Hall–Kier alpha value is -0.910. The van der Waals surface area contributed by atoms with Crippen molar-refractivity contribution in [1.29, 1.82) is 0 Å². The zero-order valence-corrected chi connectivity index (χ0v) is 13.3. The molecule has 2 unspecified atom stereocenters. The van der Waals surface area contributed by atoms with Crippen molar-refractivity contribution in [2.45, 2.75) is 44.6 Å². The molecule has 5 heteroatoms. The summed E-state index contributed by atoms with van der Waals surface area (Å²) in [5.41, 5.74) is 7.61. The lowest BCUT2D eigenvalue weighted by atomic mass is 9.96. The number of hydrogen-bond donors (Lipinski definition) is 1. The first-order chi connectivity index (χ1) is 9.36. The van der Waals surface area contributed by atoms with Gasteiger partial charge >= 0.3 is 0 Å². The van der Waals surface area contributed by atoms with E-state index in [4.69, 9.17) is 5.73 Å². The van der Waals surface area contributed by atoms with Gasteiger partial charge in [0.1, 0.15) is 0 Å². The molecular formula is C15H24N2O2S. The summed E-state index contributed by atoms with van der Waals surface area (Å²) in [7, 11) is -3.42. The first-order valence-corrected chi connectivity index (χ1v) is 8.59. The molecule has 1 saturated heterocycles. The molecule has 0 aliphatic carbocycles. The quantitative estimate of drug-likeness (QED) is 0.928. The maximum Gasteiger partial charge on any atom is 0.243 e. The van der Waals surface area contributed by atoms with E-state index in [2.05, 4.69) is 0 Å². The van der Waals surface area contributed by atoms with E-state index in [-0.39, 0.29) is 12.0 Å². The van der Waals surface area contributed by atoms with Gasteiger partial charge in [-0.3, -0.25) is 0 Å². The summed E-state index contributed by atoms with van der Waals surface area (Å²) < 4.78 is 27.4. The Labute approximate surface area is 122 Å². The molecule has 1 aliphatic rings. The Balaban J connectivity index is 2.38. The molecule has 0 saturated carbocycles. The molecule has 1 aromatic rings. The predicted octanol–water partition coefficient (Wildman–Crippen LogP) is 2.05. The van der Waals surface area contributed by atoms with Gasteiger partial charge in [0.25, 0.3) is 0 Å². The summed E-state index contributed by atoms with van der Waals surface area (Å²) in [6.07, 6.45) is 1.89. The first-order valence-electron chi connectivity index (χ1n) is 7.15. The van der Waals surface area contributed by atoms with Crippen molar-refractivity contribution < 1.29 is 8.42 Å². The van der Waals surface area contributed by atoms with Crippen LogP contribution in [-0.4, -0.2) is 31.9 Å². The number of piperidine rings is 1. The van der Waals surface area contributed by atoms with Crippen LogP contribution in [0.25, 0.3) is 0 Å². The Morgan fingerprint density at radius 2 is 2.00 bits per heavy atom. The monoisotopic (exact) mass is 296 g/mol. The molecule has 112 valence electrons. The number of aryl methyl sites for hydroxylation is 2. The zero-order valence-electron chi connectivity index (χ0n) is 12.5. The van der Waals surface area contributed by atoms with Crippen LogP contribution in [0.3, 0.4) is 0 Å². The van der Waals surface area contributed by atoms with Crippen LogP contribution in [0, 0.1) is 19.8 Å². The number of rotatable bonds is 3. The van der Waals surface area contributed by atoms with Crippen molar-refractivity contribution >= 4 is 10.0 Å². The van der Waals surface area contributed by atoms with Crippen LogP contribution in [0.2, 0.25) is 0 Å². The van der Waals surface area contributed by atoms with Crippen LogP contribution in [0.4, 0.5) is 0 Å². The van der Waals surface area contributed by atoms with Gasteiger partial charge in [-0.15, -0.1) is 0 Å². The lowest BCUT2D eigenvalue weighted by Crippen LogP contribution is -2.47. The van der Waals surface area contributed by atoms with Gasteiger partial charge in [-0.1, -0.05) is 17.7 Å². The highest BCUT2D eigenvalue weighted by atomic mass is 32.2.